The molecule has 0 saturated carbocycles. The van der Waals surface area contributed by atoms with Crippen molar-refractivity contribution in [3.8, 4) is 0 Å². The third kappa shape index (κ3) is 7.50. The van der Waals surface area contributed by atoms with Gasteiger partial charge in [-0.2, -0.15) is 5.10 Å². The second kappa shape index (κ2) is 11.3. The van der Waals surface area contributed by atoms with Crippen molar-refractivity contribution < 1.29 is 14.0 Å². The van der Waals surface area contributed by atoms with E-state index in [1.807, 2.05) is 38.4 Å². The SMILES string of the molecule is CCCC(NC(=O)NCc1ccc(F)cc1)C(=O)NCC(C)Cn1nc(C)cc1C. The van der Waals surface area contributed by atoms with E-state index in [4.69, 9.17) is 0 Å². The normalized spacial score (nSPS) is 12.8. The van der Waals surface area contributed by atoms with Crippen LogP contribution in [0.4, 0.5) is 9.18 Å². The van der Waals surface area contributed by atoms with E-state index in [0.29, 0.717) is 19.5 Å². The fraction of sp³-hybridized carbons (Fsp3) is 0.500. The molecule has 1 aromatic heterocycles. The number of amides is 3. The molecule has 2 aromatic rings. The molecule has 0 radical (unpaired) electrons. The summed E-state index contributed by atoms with van der Waals surface area (Å²) in [6, 6.07) is 6.89. The molecular formula is C22H32FN5O2. The highest BCUT2D eigenvalue weighted by molar-refractivity contribution is 5.86. The Bertz CT molecular complexity index is 835. The van der Waals surface area contributed by atoms with Gasteiger partial charge in [-0.05, 0) is 49.9 Å². The molecule has 2 atom stereocenters. The monoisotopic (exact) mass is 417 g/mol. The summed E-state index contributed by atoms with van der Waals surface area (Å²) >= 11 is 0. The Hall–Kier alpha value is -2.90. The number of aryl methyl sites for hydroxylation is 2. The van der Waals surface area contributed by atoms with E-state index in [0.717, 1.165) is 23.4 Å². The molecule has 0 fully saturated rings. The summed E-state index contributed by atoms with van der Waals surface area (Å²) in [4.78, 5) is 24.8. The molecule has 3 amide bonds. The van der Waals surface area contributed by atoms with Crippen LogP contribution in [0.1, 0.15) is 43.6 Å². The molecule has 1 heterocycles. The van der Waals surface area contributed by atoms with Crippen LogP contribution in [-0.4, -0.2) is 34.3 Å². The molecule has 0 bridgehead atoms. The molecular weight excluding hydrogens is 385 g/mol. The summed E-state index contributed by atoms with van der Waals surface area (Å²) in [5, 5.41) is 12.8. The Morgan fingerprint density at radius 3 is 2.47 bits per heavy atom. The minimum Gasteiger partial charge on any atom is -0.354 e. The summed E-state index contributed by atoms with van der Waals surface area (Å²) in [5.41, 5.74) is 2.85. The molecule has 8 heteroatoms. The van der Waals surface area contributed by atoms with Crippen LogP contribution in [0.25, 0.3) is 0 Å². The first kappa shape index (κ1) is 23.4. The van der Waals surface area contributed by atoms with Crippen LogP contribution in [0, 0.1) is 25.6 Å². The van der Waals surface area contributed by atoms with Crippen LogP contribution in [0.3, 0.4) is 0 Å². The van der Waals surface area contributed by atoms with Crippen molar-refractivity contribution >= 4 is 11.9 Å². The third-order valence-electron chi connectivity index (χ3n) is 4.78. The molecule has 0 aliphatic rings. The van der Waals surface area contributed by atoms with Gasteiger partial charge in [-0.1, -0.05) is 32.4 Å². The zero-order valence-corrected chi connectivity index (χ0v) is 18.2. The Kier molecular flexibility index (Phi) is 8.83. The number of carbonyl (C=O) groups is 2. The van der Waals surface area contributed by atoms with Crippen LogP contribution in [0.5, 0.6) is 0 Å². The standard InChI is InChI=1S/C22H32FN5O2/c1-5-6-20(26-22(30)25-13-18-7-9-19(23)10-8-18)21(29)24-12-15(2)14-28-17(4)11-16(3)27-28/h7-11,15,20H,5-6,12-14H2,1-4H3,(H,24,29)(H2,25,26,30). The molecule has 0 spiro atoms. The first-order valence-corrected chi connectivity index (χ1v) is 10.4. The van der Waals surface area contributed by atoms with E-state index in [9.17, 15) is 14.0 Å². The highest BCUT2D eigenvalue weighted by Crippen LogP contribution is 2.06. The van der Waals surface area contributed by atoms with Crippen LogP contribution in [0.15, 0.2) is 30.3 Å². The molecule has 0 saturated heterocycles. The van der Waals surface area contributed by atoms with Crippen molar-refractivity contribution in [2.75, 3.05) is 6.54 Å². The molecule has 164 valence electrons. The van der Waals surface area contributed by atoms with Gasteiger partial charge in [-0.25, -0.2) is 9.18 Å². The van der Waals surface area contributed by atoms with Crippen molar-refractivity contribution in [1.82, 2.24) is 25.7 Å². The molecule has 0 aliphatic heterocycles. The van der Waals surface area contributed by atoms with Gasteiger partial charge in [0.25, 0.3) is 0 Å². The zero-order valence-electron chi connectivity index (χ0n) is 18.2. The number of aromatic nitrogens is 2. The number of urea groups is 1. The van der Waals surface area contributed by atoms with E-state index in [2.05, 4.69) is 21.0 Å². The summed E-state index contributed by atoms with van der Waals surface area (Å²) in [6.07, 6.45) is 1.30. The number of nitrogens with one attached hydrogen (secondary N) is 3. The zero-order chi connectivity index (χ0) is 22.1. The highest BCUT2D eigenvalue weighted by atomic mass is 19.1. The Morgan fingerprint density at radius 2 is 1.87 bits per heavy atom. The van der Waals surface area contributed by atoms with Crippen LogP contribution in [0.2, 0.25) is 0 Å². The molecule has 3 N–H and O–H groups in total. The molecule has 0 aliphatic carbocycles. The maximum Gasteiger partial charge on any atom is 0.315 e. The Balaban J connectivity index is 1.80. The van der Waals surface area contributed by atoms with E-state index < -0.39 is 12.1 Å². The van der Waals surface area contributed by atoms with Gasteiger partial charge < -0.3 is 16.0 Å². The summed E-state index contributed by atoms with van der Waals surface area (Å²) < 4.78 is 14.9. The van der Waals surface area contributed by atoms with Gasteiger partial charge in [0, 0.05) is 25.3 Å². The third-order valence-corrected chi connectivity index (χ3v) is 4.78. The van der Waals surface area contributed by atoms with Crippen molar-refractivity contribution in [2.45, 2.75) is 59.7 Å². The van der Waals surface area contributed by atoms with Crippen LogP contribution >= 0.6 is 0 Å². The lowest BCUT2D eigenvalue weighted by atomic mass is 10.1. The van der Waals surface area contributed by atoms with Crippen LogP contribution < -0.4 is 16.0 Å². The van der Waals surface area contributed by atoms with E-state index in [1.165, 1.54) is 12.1 Å². The van der Waals surface area contributed by atoms with E-state index >= 15 is 0 Å². The average molecular weight is 418 g/mol. The number of hydrogen-bond donors (Lipinski definition) is 3. The average Bonchev–Trinajstić information content (AvgIpc) is 3.02. The topological polar surface area (TPSA) is 88.0 Å². The lowest BCUT2D eigenvalue weighted by Gasteiger charge is -2.20. The first-order chi connectivity index (χ1) is 14.3. The lowest BCUT2D eigenvalue weighted by molar-refractivity contribution is -0.123. The maximum absolute atomic E-state index is 13.0. The number of hydrogen-bond acceptors (Lipinski definition) is 3. The fourth-order valence-corrected chi connectivity index (χ4v) is 3.17. The predicted molar refractivity (Wildman–Crippen MR) is 114 cm³/mol. The largest absolute Gasteiger partial charge is 0.354 e. The van der Waals surface area contributed by atoms with Crippen LogP contribution in [-0.2, 0) is 17.9 Å². The number of nitrogens with zero attached hydrogens (tertiary/aromatic N) is 2. The smallest absolute Gasteiger partial charge is 0.315 e. The molecule has 1 aromatic carbocycles. The van der Waals surface area contributed by atoms with E-state index in [1.54, 1.807) is 12.1 Å². The quantitative estimate of drug-likeness (QED) is 0.555. The van der Waals surface area contributed by atoms with Gasteiger partial charge in [0.1, 0.15) is 11.9 Å². The van der Waals surface area contributed by atoms with Crippen molar-refractivity contribution in [3.05, 3.63) is 53.1 Å². The van der Waals surface area contributed by atoms with Gasteiger partial charge in [0.15, 0.2) is 0 Å². The predicted octanol–water partition coefficient (Wildman–Crippen LogP) is 3.06. The Labute approximate surface area is 177 Å². The van der Waals surface area contributed by atoms with Crippen molar-refractivity contribution in [1.29, 1.82) is 0 Å². The summed E-state index contributed by atoms with van der Waals surface area (Å²) in [5.74, 6) is -0.328. The number of halogens is 1. The maximum atomic E-state index is 13.0. The van der Waals surface area contributed by atoms with E-state index in [-0.39, 0.29) is 24.2 Å². The molecule has 7 nitrogen and oxygen atoms in total. The highest BCUT2D eigenvalue weighted by Gasteiger charge is 2.20. The van der Waals surface area contributed by atoms with Gasteiger partial charge in [0.2, 0.25) is 5.91 Å². The number of rotatable bonds is 10. The second-order valence-electron chi connectivity index (χ2n) is 7.75. The minimum absolute atomic E-state index is 0.196. The van der Waals surface area contributed by atoms with Gasteiger partial charge in [0.05, 0.1) is 5.69 Å². The molecule has 30 heavy (non-hydrogen) atoms. The summed E-state index contributed by atoms with van der Waals surface area (Å²) in [6.45, 7) is 9.44. The minimum atomic E-state index is -0.607. The van der Waals surface area contributed by atoms with Gasteiger partial charge in [-0.15, -0.1) is 0 Å². The van der Waals surface area contributed by atoms with Gasteiger partial charge in [-0.3, -0.25) is 9.48 Å². The molecule has 2 unspecified atom stereocenters. The first-order valence-electron chi connectivity index (χ1n) is 10.4. The second-order valence-corrected chi connectivity index (χ2v) is 7.75. The fourth-order valence-electron chi connectivity index (χ4n) is 3.17. The summed E-state index contributed by atoms with van der Waals surface area (Å²) in [7, 11) is 0. The lowest BCUT2D eigenvalue weighted by Crippen LogP contribution is -2.50. The molecule has 2 rings (SSSR count). The van der Waals surface area contributed by atoms with Crippen molar-refractivity contribution in [3.63, 3.8) is 0 Å². The van der Waals surface area contributed by atoms with Crippen molar-refractivity contribution in [2.24, 2.45) is 5.92 Å². The number of carbonyl (C=O) groups excluding carboxylic acids is 2. The number of benzene rings is 1. The Morgan fingerprint density at radius 1 is 1.17 bits per heavy atom. The van der Waals surface area contributed by atoms with Gasteiger partial charge >= 0.3 is 6.03 Å².